The highest BCUT2D eigenvalue weighted by Crippen LogP contribution is 2.40. The van der Waals surface area contributed by atoms with Crippen LogP contribution >= 0.6 is 0 Å². The van der Waals surface area contributed by atoms with Crippen molar-refractivity contribution in [2.24, 2.45) is 5.73 Å². The molecule has 3 aromatic rings. The number of amides is 1. The summed E-state index contributed by atoms with van der Waals surface area (Å²) in [7, 11) is 0. The van der Waals surface area contributed by atoms with Gasteiger partial charge in [0.15, 0.2) is 0 Å². The lowest BCUT2D eigenvalue weighted by molar-refractivity contribution is -0.124. The predicted molar refractivity (Wildman–Crippen MR) is 120 cm³/mol. The fourth-order valence-corrected chi connectivity index (χ4v) is 5.30. The van der Waals surface area contributed by atoms with Crippen LogP contribution in [0.1, 0.15) is 61.9 Å². The first-order valence-corrected chi connectivity index (χ1v) is 11.1. The number of carbonyl (C=O) groups is 1. The maximum atomic E-state index is 12.4. The average molecular weight is 401 g/mol. The summed E-state index contributed by atoms with van der Waals surface area (Å²) in [6.45, 7) is 0. The molecule has 1 aromatic carbocycles. The summed E-state index contributed by atoms with van der Waals surface area (Å²) in [5, 5.41) is 1.01. The van der Waals surface area contributed by atoms with Gasteiger partial charge in [0.1, 0.15) is 0 Å². The Morgan fingerprint density at radius 2 is 1.70 bits per heavy atom. The van der Waals surface area contributed by atoms with E-state index in [9.17, 15) is 4.79 Å². The van der Waals surface area contributed by atoms with Gasteiger partial charge in [-0.2, -0.15) is 0 Å². The van der Waals surface area contributed by atoms with Gasteiger partial charge in [0.2, 0.25) is 5.91 Å². The highest BCUT2D eigenvalue weighted by molar-refractivity contribution is 5.95. The zero-order valence-electron chi connectivity index (χ0n) is 17.3. The second-order valence-corrected chi connectivity index (χ2v) is 8.83. The number of hydrogen-bond donors (Lipinski definition) is 2. The summed E-state index contributed by atoms with van der Waals surface area (Å²) in [6, 6.07) is 10.3. The molecule has 5 heteroatoms. The van der Waals surface area contributed by atoms with Crippen LogP contribution in [0.3, 0.4) is 0 Å². The van der Waals surface area contributed by atoms with Gasteiger partial charge in [-0.15, -0.1) is 0 Å². The second-order valence-electron chi connectivity index (χ2n) is 8.83. The minimum atomic E-state index is -0.648. The van der Waals surface area contributed by atoms with Crippen molar-refractivity contribution in [3.63, 3.8) is 0 Å². The molecule has 2 heterocycles. The van der Waals surface area contributed by atoms with Gasteiger partial charge in [0.25, 0.3) is 0 Å². The first-order chi connectivity index (χ1) is 14.6. The van der Waals surface area contributed by atoms with Crippen molar-refractivity contribution in [2.75, 3.05) is 5.73 Å². The number of carbonyl (C=O) groups excluding carboxylic acids is 1. The van der Waals surface area contributed by atoms with Crippen LogP contribution in [0, 0.1) is 0 Å². The van der Waals surface area contributed by atoms with E-state index < -0.39 is 5.41 Å². The number of nitrogens with zero attached hydrogens (tertiary/aromatic N) is 2. The summed E-state index contributed by atoms with van der Waals surface area (Å²) in [6.07, 6.45) is 10.9. The van der Waals surface area contributed by atoms with Crippen molar-refractivity contribution < 1.29 is 4.79 Å². The molecular formula is C25H28N4O. The summed E-state index contributed by atoms with van der Waals surface area (Å²) in [5.41, 5.74) is 18.9. The molecule has 0 radical (unpaired) electrons. The maximum Gasteiger partial charge on any atom is 0.229 e. The third kappa shape index (κ3) is 3.04. The van der Waals surface area contributed by atoms with E-state index in [-0.39, 0.29) is 5.91 Å². The first-order valence-electron chi connectivity index (χ1n) is 11.1. The van der Waals surface area contributed by atoms with Gasteiger partial charge >= 0.3 is 0 Å². The minimum Gasteiger partial charge on any atom is -0.398 e. The Morgan fingerprint density at radius 3 is 2.50 bits per heavy atom. The fraction of sp³-hybridized carbons (Fsp3) is 0.400. The van der Waals surface area contributed by atoms with Crippen LogP contribution in [-0.2, 0) is 23.1 Å². The maximum absolute atomic E-state index is 12.4. The van der Waals surface area contributed by atoms with Crippen molar-refractivity contribution >= 4 is 22.5 Å². The van der Waals surface area contributed by atoms with Crippen molar-refractivity contribution in [3.05, 3.63) is 53.5 Å². The number of aryl methyl sites for hydroxylation is 1. The van der Waals surface area contributed by atoms with E-state index in [1.165, 1.54) is 18.4 Å². The van der Waals surface area contributed by atoms with Gasteiger partial charge in [-0.1, -0.05) is 25.3 Å². The van der Waals surface area contributed by atoms with Gasteiger partial charge in [-0.3, -0.25) is 14.8 Å². The SMILES string of the molecule is NC(=O)C1(c2cc(-c3ccc4nc5c(c(N)c4c3)CCCC5)ccn2)CCCCC1. The number of benzene rings is 1. The number of primary amides is 1. The standard InChI is InChI=1S/C25H28N4O/c26-23-18-6-2-3-7-20(18)29-21-9-8-16(14-19(21)23)17-10-13-28-22(15-17)25(24(27)30)11-4-1-5-12-25/h8-10,13-15H,1-7,11-12H2,(H2,26,29)(H2,27,30). The molecule has 2 aliphatic carbocycles. The number of pyridine rings is 2. The lowest BCUT2D eigenvalue weighted by Crippen LogP contribution is -2.43. The highest BCUT2D eigenvalue weighted by atomic mass is 16.1. The lowest BCUT2D eigenvalue weighted by Gasteiger charge is -2.33. The molecule has 1 fully saturated rings. The van der Waals surface area contributed by atoms with E-state index in [0.717, 1.165) is 84.1 Å². The Hall–Kier alpha value is -2.95. The summed E-state index contributed by atoms with van der Waals surface area (Å²) >= 11 is 0. The van der Waals surface area contributed by atoms with E-state index in [1.807, 2.05) is 12.1 Å². The van der Waals surface area contributed by atoms with Crippen LogP contribution in [0.5, 0.6) is 0 Å². The molecule has 0 saturated heterocycles. The molecule has 2 aromatic heterocycles. The number of aromatic nitrogens is 2. The largest absolute Gasteiger partial charge is 0.398 e. The van der Waals surface area contributed by atoms with Gasteiger partial charge in [0, 0.05) is 23.0 Å². The summed E-state index contributed by atoms with van der Waals surface area (Å²) < 4.78 is 0. The molecule has 30 heavy (non-hydrogen) atoms. The molecule has 0 unspecified atom stereocenters. The zero-order chi connectivity index (χ0) is 20.7. The number of nitrogens with two attached hydrogens (primary N) is 2. The Balaban J connectivity index is 1.60. The molecule has 5 nitrogen and oxygen atoms in total. The molecule has 0 aliphatic heterocycles. The minimum absolute atomic E-state index is 0.259. The molecule has 1 saturated carbocycles. The van der Waals surface area contributed by atoms with Crippen LogP contribution < -0.4 is 11.5 Å². The van der Waals surface area contributed by atoms with Crippen LogP contribution in [0.4, 0.5) is 5.69 Å². The molecule has 154 valence electrons. The first kappa shape index (κ1) is 19.0. The monoisotopic (exact) mass is 400 g/mol. The van der Waals surface area contributed by atoms with Crippen molar-refractivity contribution in [3.8, 4) is 11.1 Å². The number of nitrogen functional groups attached to an aromatic ring is 1. The predicted octanol–water partition coefficient (Wildman–Crippen LogP) is 4.45. The Morgan fingerprint density at radius 1 is 0.933 bits per heavy atom. The van der Waals surface area contributed by atoms with E-state index in [0.29, 0.717) is 0 Å². The smallest absolute Gasteiger partial charge is 0.229 e. The summed E-state index contributed by atoms with van der Waals surface area (Å²) in [4.78, 5) is 21.9. The van der Waals surface area contributed by atoms with Gasteiger partial charge in [0.05, 0.1) is 16.6 Å². The van der Waals surface area contributed by atoms with E-state index in [2.05, 4.69) is 23.2 Å². The second kappa shape index (κ2) is 7.38. The van der Waals surface area contributed by atoms with Crippen LogP contribution in [0.25, 0.3) is 22.0 Å². The molecule has 5 rings (SSSR count). The number of hydrogen-bond acceptors (Lipinski definition) is 4. The van der Waals surface area contributed by atoms with Crippen molar-refractivity contribution in [1.82, 2.24) is 9.97 Å². The molecule has 0 atom stereocenters. The molecule has 0 bridgehead atoms. The quantitative estimate of drug-likeness (QED) is 0.679. The number of anilines is 1. The van der Waals surface area contributed by atoms with E-state index in [4.69, 9.17) is 16.5 Å². The molecule has 4 N–H and O–H groups in total. The average Bonchev–Trinajstić information content (AvgIpc) is 2.79. The molecule has 1 amide bonds. The normalized spacial score (nSPS) is 18.1. The fourth-order valence-electron chi connectivity index (χ4n) is 5.30. The van der Waals surface area contributed by atoms with E-state index in [1.54, 1.807) is 6.20 Å². The third-order valence-electron chi connectivity index (χ3n) is 7.07. The van der Waals surface area contributed by atoms with Gasteiger partial charge in [-0.25, -0.2) is 0 Å². The van der Waals surface area contributed by atoms with E-state index >= 15 is 0 Å². The Kier molecular flexibility index (Phi) is 4.69. The third-order valence-corrected chi connectivity index (χ3v) is 7.07. The molecular weight excluding hydrogens is 372 g/mol. The lowest BCUT2D eigenvalue weighted by atomic mass is 9.70. The highest BCUT2D eigenvalue weighted by Gasteiger charge is 2.41. The van der Waals surface area contributed by atoms with Crippen LogP contribution in [0.2, 0.25) is 0 Å². The number of fused-ring (bicyclic) bond motifs is 2. The van der Waals surface area contributed by atoms with Crippen molar-refractivity contribution in [1.29, 1.82) is 0 Å². The molecule has 0 spiro atoms. The summed E-state index contributed by atoms with van der Waals surface area (Å²) in [5.74, 6) is -0.259. The Bertz CT molecular complexity index is 1130. The Labute approximate surface area is 176 Å². The van der Waals surface area contributed by atoms with Gasteiger partial charge in [-0.05, 0) is 79.5 Å². The molecule has 2 aliphatic rings. The van der Waals surface area contributed by atoms with Crippen LogP contribution in [-0.4, -0.2) is 15.9 Å². The topological polar surface area (TPSA) is 94.9 Å². The number of rotatable bonds is 3. The van der Waals surface area contributed by atoms with Crippen LogP contribution in [0.15, 0.2) is 36.5 Å². The van der Waals surface area contributed by atoms with Crippen molar-refractivity contribution in [2.45, 2.75) is 63.2 Å². The zero-order valence-corrected chi connectivity index (χ0v) is 17.3. The van der Waals surface area contributed by atoms with Gasteiger partial charge < -0.3 is 11.5 Å².